The van der Waals surface area contributed by atoms with Gasteiger partial charge in [-0.3, -0.25) is 9.78 Å². The second kappa shape index (κ2) is 11.2. The molecule has 8 rings (SSSR count). The summed E-state index contributed by atoms with van der Waals surface area (Å²) in [6, 6.07) is 11.0. The summed E-state index contributed by atoms with van der Waals surface area (Å²) in [4.78, 5) is 32.9. The number of imidazole rings is 1. The topological polar surface area (TPSA) is 91.2 Å². The van der Waals surface area contributed by atoms with Crippen molar-refractivity contribution in [3.05, 3.63) is 60.4 Å². The van der Waals surface area contributed by atoms with E-state index in [0.29, 0.717) is 17.5 Å². The Morgan fingerprint density at radius 2 is 1.84 bits per heavy atom. The first kappa shape index (κ1) is 28.6. The van der Waals surface area contributed by atoms with Gasteiger partial charge in [-0.25, -0.2) is 14.4 Å². The van der Waals surface area contributed by atoms with Crippen molar-refractivity contribution in [2.45, 2.75) is 82.3 Å². The summed E-state index contributed by atoms with van der Waals surface area (Å²) in [6.45, 7) is 8.23. The smallest absolute Gasteiger partial charge is 0.238 e. The Bertz CT molecular complexity index is 1750. The molecule has 0 atom stereocenters. The molecule has 1 spiro atoms. The summed E-state index contributed by atoms with van der Waals surface area (Å²) in [5.41, 5.74) is 5.27. The number of hydrogen-bond acceptors (Lipinski definition) is 7. The van der Waals surface area contributed by atoms with Crippen molar-refractivity contribution < 1.29 is 9.18 Å². The lowest BCUT2D eigenvalue weighted by molar-refractivity contribution is -0.125. The number of benzene rings is 1. The number of pyridine rings is 2. The van der Waals surface area contributed by atoms with Crippen LogP contribution < -0.4 is 15.5 Å². The Labute approximate surface area is 263 Å². The van der Waals surface area contributed by atoms with Gasteiger partial charge in [-0.05, 0) is 102 Å². The average Bonchev–Trinajstić information content (AvgIpc) is 3.57. The molecule has 4 aromatic rings. The zero-order chi connectivity index (χ0) is 30.7. The second-order valence-corrected chi connectivity index (χ2v) is 13.6. The van der Waals surface area contributed by atoms with Crippen LogP contribution in [0.2, 0.25) is 0 Å². The third kappa shape index (κ3) is 4.72. The van der Waals surface area contributed by atoms with Gasteiger partial charge in [-0.1, -0.05) is 18.6 Å². The molecule has 0 unspecified atom stereocenters. The predicted molar refractivity (Wildman–Crippen MR) is 174 cm³/mol. The number of aromatic nitrogens is 4. The van der Waals surface area contributed by atoms with Gasteiger partial charge in [-0.15, -0.1) is 0 Å². The standard InChI is InChI=1S/C35H41FN8O/c1-22(2)43-21-39-30-19-29(41-33(32(30)43)40-28-8-11-38-20-27(28)36)23-6-7-26-31(16-23)44(34(45)35(26)9-12-37-13-10-35)25-17-24(18-25)42-14-4-3-5-15-42/h6-8,11,16,19-22,24-25,37H,3-5,9-10,12-15,17-18H2,1-2H3,(H,38,40,41). The van der Waals surface area contributed by atoms with Crippen molar-refractivity contribution in [3.8, 4) is 11.3 Å². The average molecular weight is 609 g/mol. The fourth-order valence-corrected chi connectivity index (χ4v) is 8.09. The van der Waals surface area contributed by atoms with E-state index in [0.717, 1.165) is 72.3 Å². The van der Waals surface area contributed by atoms with Crippen LogP contribution in [0.25, 0.3) is 22.3 Å². The Balaban J connectivity index is 1.20. The molecule has 45 heavy (non-hydrogen) atoms. The van der Waals surface area contributed by atoms with Crippen LogP contribution in [0.15, 0.2) is 49.1 Å². The highest BCUT2D eigenvalue weighted by Gasteiger charge is 2.54. The minimum absolute atomic E-state index is 0.141. The van der Waals surface area contributed by atoms with Crippen LogP contribution in [0.5, 0.6) is 0 Å². The summed E-state index contributed by atoms with van der Waals surface area (Å²) in [5, 5.41) is 6.70. The Kier molecular flexibility index (Phi) is 7.09. The number of piperidine rings is 2. The third-order valence-corrected chi connectivity index (χ3v) is 10.6. The Hall–Kier alpha value is -3.89. The fraction of sp³-hybridized carbons (Fsp3) is 0.486. The molecule has 10 heteroatoms. The van der Waals surface area contributed by atoms with Crippen molar-refractivity contribution >= 4 is 34.1 Å². The van der Waals surface area contributed by atoms with E-state index in [4.69, 9.17) is 9.97 Å². The van der Waals surface area contributed by atoms with Crippen molar-refractivity contribution in [1.82, 2.24) is 29.7 Å². The molecule has 234 valence electrons. The Morgan fingerprint density at radius 3 is 2.60 bits per heavy atom. The van der Waals surface area contributed by atoms with Crippen LogP contribution in [0.4, 0.5) is 21.6 Å². The van der Waals surface area contributed by atoms with Gasteiger partial charge >= 0.3 is 0 Å². The number of amides is 1. The number of likely N-dealkylation sites (tertiary alicyclic amines) is 1. The van der Waals surface area contributed by atoms with Gasteiger partial charge in [0.25, 0.3) is 0 Å². The molecule has 1 amide bonds. The number of halogens is 1. The van der Waals surface area contributed by atoms with E-state index in [1.807, 2.05) is 17.0 Å². The number of rotatable bonds is 6. The van der Waals surface area contributed by atoms with Crippen LogP contribution in [0, 0.1) is 5.82 Å². The molecule has 2 saturated heterocycles. The molecule has 4 aliphatic rings. The van der Waals surface area contributed by atoms with Gasteiger partial charge in [0.1, 0.15) is 5.52 Å². The Morgan fingerprint density at radius 1 is 1.04 bits per heavy atom. The fourth-order valence-electron chi connectivity index (χ4n) is 8.09. The summed E-state index contributed by atoms with van der Waals surface area (Å²) >= 11 is 0. The van der Waals surface area contributed by atoms with Crippen LogP contribution in [0.1, 0.15) is 70.4 Å². The minimum Gasteiger partial charge on any atom is -0.336 e. The first-order valence-corrected chi connectivity index (χ1v) is 16.6. The SMILES string of the molecule is CC(C)n1cnc2cc(-c3ccc4c(c3)N(C3CC(N5CCCCC5)C3)C(=O)C43CCNCC3)nc(Nc3ccncc3F)c21. The van der Waals surface area contributed by atoms with Crippen molar-refractivity contribution in [2.24, 2.45) is 0 Å². The van der Waals surface area contributed by atoms with Gasteiger partial charge in [0.05, 0.1) is 34.8 Å². The normalized spacial score (nSPS) is 23.1. The van der Waals surface area contributed by atoms with Crippen LogP contribution in [0.3, 0.4) is 0 Å². The predicted octanol–water partition coefficient (Wildman–Crippen LogP) is 5.94. The molecule has 3 aliphatic heterocycles. The molecule has 0 radical (unpaired) electrons. The largest absolute Gasteiger partial charge is 0.336 e. The van der Waals surface area contributed by atoms with E-state index in [9.17, 15) is 9.18 Å². The number of hydrogen-bond donors (Lipinski definition) is 2. The molecule has 2 N–H and O–H groups in total. The summed E-state index contributed by atoms with van der Waals surface area (Å²) in [6.07, 6.45) is 12.2. The first-order chi connectivity index (χ1) is 21.9. The van der Waals surface area contributed by atoms with E-state index in [2.05, 4.69) is 57.5 Å². The molecule has 1 aromatic carbocycles. The lowest BCUT2D eigenvalue weighted by Crippen LogP contribution is -2.58. The first-order valence-electron chi connectivity index (χ1n) is 16.6. The van der Waals surface area contributed by atoms with Gasteiger partial charge in [-0.2, -0.15) is 0 Å². The summed E-state index contributed by atoms with van der Waals surface area (Å²) < 4.78 is 16.8. The highest BCUT2D eigenvalue weighted by molar-refractivity contribution is 6.09. The molecule has 0 bridgehead atoms. The third-order valence-electron chi connectivity index (χ3n) is 10.6. The van der Waals surface area contributed by atoms with Crippen molar-refractivity contribution in [2.75, 3.05) is 36.4 Å². The highest BCUT2D eigenvalue weighted by Crippen LogP contribution is 2.51. The molecule has 3 fully saturated rings. The zero-order valence-electron chi connectivity index (χ0n) is 26.1. The van der Waals surface area contributed by atoms with Gasteiger partial charge in [0, 0.05) is 35.6 Å². The van der Waals surface area contributed by atoms with Crippen molar-refractivity contribution in [3.63, 3.8) is 0 Å². The zero-order valence-corrected chi connectivity index (χ0v) is 26.1. The molecule has 1 saturated carbocycles. The van der Waals surface area contributed by atoms with Crippen LogP contribution >= 0.6 is 0 Å². The summed E-state index contributed by atoms with van der Waals surface area (Å²) in [5.74, 6) is 0.356. The molecular weight excluding hydrogens is 567 g/mol. The van der Waals surface area contributed by atoms with E-state index < -0.39 is 11.2 Å². The lowest BCUT2D eigenvalue weighted by atomic mass is 9.74. The maximum absolute atomic E-state index is 14.7. The van der Waals surface area contributed by atoms with E-state index in [1.54, 1.807) is 12.3 Å². The van der Waals surface area contributed by atoms with Gasteiger partial charge in [0.15, 0.2) is 11.6 Å². The highest BCUT2D eigenvalue weighted by atomic mass is 19.1. The maximum atomic E-state index is 14.7. The minimum atomic E-state index is -0.464. The number of fused-ring (bicyclic) bond motifs is 3. The molecule has 9 nitrogen and oxygen atoms in total. The maximum Gasteiger partial charge on any atom is 0.238 e. The molecule has 1 aliphatic carbocycles. The number of carbonyl (C=O) groups is 1. The number of carbonyl (C=O) groups excluding carboxylic acids is 1. The quantitative estimate of drug-likeness (QED) is 0.280. The summed E-state index contributed by atoms with van der Waals surface area (Å²) in [7, 11) is 0. The molecule has 6 heterocycles. The number of nitrogens with one attached hydrogen (secondary N) is 2. The molecular formula is C35H41FN8O. The van der Waals surface area contributed by atoms with Crippen LogP contribution in [-0.2, 0) is 10.2 Å². The monoisotopic (exact) mass is 608 g/mol. The van der Waals surface area contributed by atoms with E-state index in [-0.39, 0.29) is 18.0 Å². The number of anilines is 3. The van der Waals surface area contributed by atoms with Gasteiger partial charge in [0.2, 0.25) is 5.91 Å². The lowest BCUT2D eigenvalue weighted by Gasteiger charge is -2.48. The number of nitrogens with zero attached hydrogens (tertiary/aromatic N) is 6. The molecule has 3 aromatic heterocycles. The van der Waals surface area contributed by atoms with Crippen molar-refractivity contribution in [1.29, 1.82) is 0 Å². The van der Waals surface area contributed by atoms with Gasteiger partial charge < -0.3 is 25.0 Å². The van der Waals surface area contributed by atoms with Crippen LogP contribution in [-0.4, -0.2) is 68.6 Å². The van der Waals surface area contributed by atoms with E-state index in [1.165, 1.54) is 38.5 Å². The second-order valence-electron chi connectivity index (χ2n) is 13.6. The van der Waals surface area contributed by atoms with E-state index >= 15 is 0 Å².